The molecule has 5 heteroatoms. The quantitative estimate of drug-likeness (QED) is 0.931. The number of nitrogens with one attached hydrogen (secondary N) is 1. The van der Waals surface area contributed by atoms with Crippen LogP contribution < -0.4 is 4.72 Å². The predicted molar refractivity (Wildman–Crippen MR) is 81.5 cm³/mol. The van der Waals surface area contributed by atoms with Crippen molar-refractivity contribution in [2.24, 2.45) is 10.4 Å². The van der Waals surface area contributed by atoms with Crippen molar-refractivity contribution < 1.29 is 8.42 Å². The predicted octanol–water partition coefficient (Wildman–Crippen LogP) is 2.94. The number of fused-ring (bicyclic) bond motifs is 1. The average Bonchev–Trinajstić information content (AvgIpc) is 2.59. The number of nitrogens with zero attached hydrogens (tertiary/aromatic N) is 1. The van der Waals surface area contributed by atoms with Crippen LogP contribution in [-0.2, 0) is 10.0 Å². The lowest BCUT2D eigenvalue weighted by atomic mass is 9.89. The third-order valence-electron chi connectivity index (χ3n) is 3.32. The topological polar surface area (TPSA) is 58.5 Å². The van der Waals surface area contributed by atoms with Crippen molar-refractivity contribution in [3.05, 3.63) is 29.8 Å². The first-order valence-corrected chi connectivity index (χ1v) is 8.37. The van der Waals surface area contributed by atoms with Gasteiger partial charge in [-0.1, -0.05) is 32.9 Å². The van der Waals surface area contributed by atoms with Crippen molar-refractivity contribution in [3.63, 3.8) is 0 Å². The molecule has 0 radical (unpaired) electrons. The van der Waals surface area contributed by atoms with Crippen LogP contribution in [0.3, 0.4) is 0 Å². The lowest BCUT2D eigenvalue weighted by molar-refractivity contribution is 0.353. The van der Waals surface area contributed by atoms with E-state index < -0.39 is 10.0 Å². The Morgan fingerprint density at radius 1 is 1.25 bits per heavy atom. The van der Waals surface area contributed by atoms with E-state index in [0.29, 0.717) is 16.3 Å². The van der Waals surface area contributed by atoms with Crippen LogP contribution in [0, 0.1) is 5.41 Å². The molecule has 0 saturated carbocycles. The van der Waals surface area contributed by atoms with E-state index in [4.69, 9.17) is 0 Å². The normalized spacial score (nSPS) is 20.5. The average molecular weight is 294 g/mol. The molecular weight excluding hydrogens is 272 g/mol. The van der Waals surface area contributed by atoms with Gasteiger partial charge < -0.3 is 0 Å². The van der Waals surface area contributed by atoms with Gasteiger partial charge in [0.1, 0.15) is 5.84 Å². The van der Waals surface area contributed by atoms with Crippen molar-refractivity contribution in [2.45, 2.75) is 51.5 Å². The number of aliphatic imine (C=N–C) groups is 1. The summed E-state index contributed by atoms with van der Waals surface area (Å²) in [6.07, 6.45) is 2.00. The summed E-state index contributed by atoms with van der Waals surface area (Å²) in [5, 5.41) is 0. The van der Waals surface area contributed by atoms with Crippen LogP contribution in [0.25, 0.3) is 0 Å². The van der Waals surface area contributed by atoms with E-state index in [9.17, 15) is 8.42 Å². The standard InChI is InChI=1S/C15H22N2O2S/c1-11(9-10-15(2,3)4)16-14-12-7-5-6-8-13(12)20(18,19)17-14/h5-8,11H,9-10H2,1-4H3,(H,16,17). The highest BCUT2D eigenvalue weighted by molar-refractivity contribution is 7.90. The lowest BCUT2D eigenvalue weighted by Crippen LogP contribution is -2.24. The van der Waals surface area contributed by atoms with E-state index >= 15 is 0 Å². The number of rotatable bonds is 3. The summed E-state index contributed by atoms with van der Waals surface area (Å²) in [5.41, 5.74) is 0.941. The second-order valence-electron chi connectivity index (χ2n) is 6.53. The summed E-state index contributed by atoms with van der Waals surface area (Å²) in [7, 11) is -3.42. The van der Waals surface area contributed by atoms with Crippen molar-refractivity contribution in [2.75, 3.05) is 0 Å². The lowest BCUT2D eigenvalue weighted by Gasteiger charge is -2.19. The van der Waals surface area contributed by atoms with Gasteiger partial charge in [-0.25, -0.2) is 8.42 Å². The fraction of sp³-hybridized carbons (Fsp3) is 0.533. The van der Waals surface area contributed by atoms with Crippen molar-refractivity contribution >= 4 is 15.9 Å². The molecule has 2 rings (SSSR count). The highest BCUT2D eigenvalue weighted by Gasteiger charge is 2.30. The molecule has 1 N–H and O–H groups in total. The van der Waals surface area contributed by atoms with Gasteiger partial charge >= 0.3 is 0 Å². The minimum absolute atomic E-state index is 0.0954. The molecule has 0 aromatic heterocycles. The molecule has 1 aromatic rings. The molecule has 0 saturated heterocycles. The summed E-state index contributed by atoms with van der Waals surface area (Å²) >= 11 is 0. The van der Waals surface area contributed by atoms with Gasteiger partial charge in [0.25, 0.3) is 10.0 Å². The highest BCUT2D eigenvalue weighted by atomic mass is 32.2. The fourth-order valence-corrected chi connectivity index (χ4v) is 3.40. The Bertz CT molecular complexity index is 628. The zero-order chi connectivity index (χ0) is 15.0. The van der Waals surface area contributed by atoms with Crippen LogP contribution in [0.1, 0.15) is 46.1 Å². The first-order valence-electron chi connectivity index (χ1n) is 6.89. The van der Waals surface area contributed by atoms with Crippen molar-refractivity contribution in [1.82, 2.24) is 4.72 Å². The zero-order valence-corrected chi connectivity index (χ0v) is 13.3. The summed E-state index contributed by atoms with van der Waals surface area (Å²) in [4.78, 5) is 4.86. The Morgan fingerprint density at radius 3 is 2.55 bits per heavy atom. The van der Waals surface area contributed by atoms with Gasteiger partial charge in [0, 0.05) is 11.6 Å². The molecule has 4 nitrogen and oxygen atoms in total. The molecule has 110 valence electrons. The molecule has 0 spiro atoms. The van der Waals surface area contributed by atoms with Gasteiger partial charge in [0.15, 0.2) is 0 Å². The number of hydrogen-bond donors (Lipinski definition) is 1. The van der Waals surface area contributed by atoms with Crippen molar-refractivity contribution in [3.8, 4) is 0 Å². The van der Waals surface area contributed by atoms with Gasteiger partial charge in [0.2, 0.25) is 0 Å². The molecule has 1 aromatic carbocycles. The summed E-state index contributed by atoms with van der Waals surface area (Å²) < 4.78 is 26.5. The van der Waals surface area contributed by atoms with Gasteiger partial charge in [-0.2, -0.15) is 0 Å². The second kappa shape index (κ2) is 5.20. The van der Waals surface area contributed by atoms with Crippen LogP contribution >= 0.6 is 0 Å². The zero-order valence-electron chi connectivity index (χ0n) is 12.5. The van der Waals surface area contributed by atoms with Crippen LogP contribution in [0.2, 0.25) is 0 Å². The van der Waals surface area contributed by atoms with Gasteiger partial charge in [0.05, 0.1) is 4.90 Å². The van der Waals surface area contributed by atoms with Crippen LogP contribution in [0.5, 0.6) is 0 Å². The minimum atomic E-state index is -3.42. The molecule has 1 aliphatic rings. The number of benzene rings is 1. The third kappa shape index (κ3) is 3.39. The maximum Gasteiger partial charge on any atom is 0.263 e. The number of hydrogen-bond acceptors (Lipinski definition) is 3. The second-order valence-corrected chi connectivity index (χ2v) is 8.18. The summed E-state index contributed by atoms with van der Waals surface area (Å²) in [6.45, 7) is 8.61. The Hall–Kier alpha value is -1.36. The largest absolute Gasteiger partial charge is 0.264 e. The van der Waals surface area contributed by atoms with Crippen LogP contribution in [0.15, 0.2) is 34.2 Å². The third-order valence-corrected chi connectivity index (χ3v) is 4.72. The summed E-state index contributed by atoms with van der Waals surface area (Å²) in [6, 6.07) is 7.06. The maximum absolute atomic E-state index is 12.0. The minimum Gasteiger partial charge on any atom is -0.264 e. The van der Waals surface area contributed by atoms with E-state index in [2.05, 4.69) is 30.5 Å². The summed E-state index contributed by atoms with van der Waals surface area (Å²) in [5.74, 6) is 0.474. The smallest absolute Gasteiger partial charge is 0.263 e. The SMILES string of the molecule is CC(CCC(C)(C)C)N=C1NS(=O)(=O)c2ccccc21. The molecule has 0 fully saturated rings. The molecular formula is C15H22N2O2S. The Labute approximate surface area is 121 Å². The van der Waals surface area contributed by atoms with Crippen molar-refractivity contribution in [1.29, 1.82) is 0 Å². The van der Waals surface area contributed by atoms with E-state index in [-0.39, 0.29) is 11.5 Å². The molecule has 0 bridgehead atoms. The van der Waals surface area contributed by atoms with Crippen LogP contribution in [-0.4, -0.2) is 20.3 Å². The number of amidine groups is 1. The van der Waals surface area contributed by atoms with E-state index in [1.54, 1.807) is 18.2 Å². The molecule has 1 aliphatic heterocycles. The van der Waals surface area contributed by atoms with Gasteiger partial charge in [-0.15, -0.1) is 0 Å². The van der Waals surface area contributed by atoms with Crippen LogP contribution in [0.4, 0.5) is 0 Å². The van der Waals surface area contributed by atoms with Gasteiger partial charge in [-0.3, -0.25) is 9.71 Å². The number of sulfonamides is 1. The fourth-order valence-electron chi connectivity index (χ4n) is 2.16. The van der Waals surface area contributed by atoms with E-state index in [1.807, 2.05) is 13.0 Å². The van der Waals surface area contributed by atoms with E-state index in [0.717, 1.165) is 12.8 Å². The molecule has 0 aliphatic carbocycles. The Kier molecular flexibility index (Phi) is 3.91. The first kappa shape index (κ1) is 15.0. The highest BCUT2D eigenvalue weighted by Crippen LogP contribution is 2.25. The van der Waals surface area contributed by atoms with Gasteiger partial charge in [-0.05, 0) is 37.3 Å². The molecule has 1 unspecified atom stereocenters. The monoisotopic (exact) mass is 294 g/mol. The first-order chi connectivity index (χ1) is 9.19. The molecule has 20 heavy (non-hydrogen) atoms. The maximum atomic E-state index is 12.0. The van der Waals surface area contributed by atoms with E-state index in [1.165, 1.54) is 0 Å². The molecule has 0 amide bonds. The Morgan fingerprint density at radius 2 is 1.90 bits per heavy atom. The Balaban J connectivity index is 2.21. The molecule has 1 atom stereocenters. The molecule has 1 heterocycles.